The Hall–Kier alpha value is -2.56. The van der Waals surface area contributed by atoms with Gasteiger partial charge >= 0.3 is 6.09 Å². The van der Waals surface area contributed by atoms with Crippen molar-refractivity contribution in [1.29, 1.82) is 0 Å². The molecule has 2 bridgehead atoms. The summed E-state index contributed by atoms with van der Waals surface area (Å²) in [7, 11) is 0. The Morgan fingerprint density at radius 2 is 1.83 bits per heavy atom. The zero-order valence-electron chi connectivity index (χ0n) is 12.7. The number of rotatable bonds is 1. The van der Waals surface area contributed by atoms with Crippen LogP contribution in [-0.4, -0.2) is 28.6 Å². The standard InChI is InChI=1S/C18H18N2O3/c21-17-8-4-7-16-14-9-13(11-20(16)17)10-19(12-14)18(22)23-15-5-2-1-3-6-15/h1-8,13-14H,9-12H2/t13?,14-/m0/s1. The molecule has 118 valence electrons. The lowest BCUT2D eigenvalue weighted by molar-refractivity contribution is 0.102. The summed E-state index contributed by atoms with van der Waals surface area (Å²) in [5.41, 5.74) is 1.09. The summed E-state index contributed by atoms with van der Waals surface area (Å²) in [5, 5.41) is 0. The van der Waals surface area contributed by atoms with Crippen LogP contribution in [0.5, 0.6) is 5.75 Å². The van der Waals surface area contributed by atoms with Gasteiger partial charge in [0.2, 0.25) is 0 Å². The molecule has 0 saturated carbocycles. The summed E-state index contributed by atoms with van der Waals surface area (Å²) < 4.78 is 7.31. The molecule has 1 aromatic heterocycles. The first-order valence-electron chi connectivity index (χ1n) is 7.92. The smallest absolute Gasteiger partial charge is 0.410 e. The molecule has 1 unspecified atom stereocenters. The maximum absolute atomic E-state index is 12.4. The van der Waals surface area contributed by atoms with Crippen LogP contribution in [0.3, 0.4) is 0 Å². The van der Waals surface area contributed by atoms with E-state index in [-0.39, 0.29) is 17.6 Å². The Labute approximate surface area is 134 Å². The van der Waals surface area contributed by atoms with Gasteiger partial charge in [-0.3, -0.25) is 4.79 Å². The molecule has 0 spiro atoms. The van der Waals surface area contributed by atoms with Crippen molar-refractivity contribution >= 4 is 6.09 Å². The van der Waals surface area contributed by atoms with Gasteiger partial charge in [-0.2, -0.15) is 0 Å². The molecule has 23 heavy (non-hydrogen) atoms. The molecule has 5 nitrogen and oxygen atoms in total. The van der Waals surface area contributed by atoms with Crippen LogP contribution in [0.25, 0.3) is 0 Å². The molecule has 2 aliphatic rings. The van der Waals surface area contributed by atoms with Crippen LogP contribution >= 0.6 is 0 Å². The highest BCUT2D eigenvalue weighted by molar-refractivity contribution is 5.71. The second-order valence-electron chi connectivity index (χ2n) is 6.28. The fraction of sp³-hybridized carbons (Fsp3) is 0.333. The molecule has 0 radical (unpaired) electrons. The first-order valence-corrected chi connectivity index (χ1v) is 7.92. The number of fused-ring (bicyclic) bond motifs is 4. The van der Waals surface area contributed by atoms with E-state index >= 15 is 0 Å². The van der Waals surface area contributed by atoms with Crippen molar-refractivity contribution in [3.05, 3.63) is 64.6 Å². The Morgan fingerprint density at radius 1 is 1.00 bits per heavy atom. The number of aromatic nitrogens is 1. The first kappa shape index (κ1) is 14.1. The number of likely N-dealkylation sites (tertiary alicyclic amines) is 1. The van der Waals surface area contributed by atoms with Crippen LogP contribution in [0.2, 0.25) is 0 Å². The molecule has 5 heteroatoms. The average Bonchev–Trinajstić information content (AvgIpc) is 2.57. The minimum Gasteiger partial charge on any atom is -0.410 e. The molecule has 2 aliphatic heterocycles. The van der Waals surface area contributed by atoms with E-state index in [4.69, 9.17) is 4.74 Å². The van der Waals surface area contributed by atoms with E-state index in [1.807, 2.05) is 28.8 Å². The minimum absolute atomic E-state index is 0.0533. The Balaban J connectivity index is 1.54. The predicted molar refractivity (Wildman–Crippen MR) is 85.6 cm³/mol. The van der Waals surface area contributed by atoms with Gasteiger partial charge in [0.05, 0.1) is 0 Å². The summed E-state index contributed by atoms with van der Waals surface area (Å²) in [5.74, 6) is 1.08. The maximum atomic E-state index is 12.4. The summed E-state index contributed by atoms with van der Waals surface area (Å²) in [6.07, 6.45) is 0.719. The van der Waals surface area contributed by atoms with Crippen LogP contribution in [0, 0.1) is 5.92 Å². The summed E-state index contributed by atoms with van der Waals surface area (Å²) >= 11 is 0. The highest BCUT2D eigenvalue weighted by Gasteiger charge is 2.36. The van der Waals surface area contributed by atoms with Crippen molar-refractivity contribution in [3.63, 3.8) is 0 Å². The van der Waals surface area contributed by atoms with E-state index < -0.39 is 0 Å². The number of piperidine rings is 1. The van der Waals surface area contributed by atoms with Crippen molar-refractivity contribution < 1.29 is 9.53 Å². The monoisotopic (exact) mass is 310 g/mol. The lowest BCUT2D eigenvalue weighted by atomic mass is 9.83. The van der Waals surface area contributed by atoms with Gasteiger partial charge in [-0.15, -0.1) is 0 Å². The summed E-state index contributed by atoms with van der Waals surface area (Å²) in [6, 6.07) is 14.5. The topological polar surface area (TPSA) is 51.5 Å². The lowest BCUT2D eigenvalue weighted by Gasteiger charge is -2.42. The molecular weight excluding hydrogens is 292 g/mol. The van der Waals surface area contributed by atoms with Gasteiger partial charge in [0.15, 0.2) is 0 Å². The summed E-state index contributed by atoms with van der Waals surface area (Å²) in [6.45, 7) is 1.93. The molecular formula is C18H18N2O3. The van der Waals surface area contributed by atoms with Crippen molar-refractivity contribution in [2.75, 3.05) is 13.1 Å². The van der Waals surface area contributed by atoms with Crippen LogP contribution in [0.1, 0.15) is 18.0 Å². The SMILES string of the molecule is O=C(Oc1ccccc1)N1CC2C[C@@H](C1)c1cccc(=O)n1C2. The van der Waals surface area contributed by atoms with Crippen LogP contribution in [0.4, 0.5) is 4.79 Å². The van der Waals surface area contributed by atoms with Crippen molar-refractivity contribution in [2.24, 2.45) is 5.92 Å². The molecule has 1 aromatic carbocycles. The Kier molecular flexibility index (Phi) is 3.41. The Bertz CT molecular complexity index is 784. The van der Waals surface area contributed by atoms with Crippen LogP contribution in [-0.2, 0) is 6.54 Å². The second kappa shape index (κ2) is 5.57. The van der Waals surface area contributed by atoms with Gasteiger partial charge in [0.1, 0.15) is 5.75 Å². The number of carbonyl (C=O) groups is 1. The van der Waals surface area contributed by atoms with Crippen LogP contribution < -0.4 is 10.3 Å². The highest BCUT2D eigenvalue weighted by Crippen LogP contribution is 2.35. The normalized spacial score (nSPS) is 22.3. The number of hydrogen-bond donors (Lipinski definition) is 0. The largest absolute Gasteiger partial charge is 0.415 e. The number of hydrogen-bond acceptors (Lipinski definition) is 3. The van der Waals surface area contributed by atoms with Crippen molar-refractivity contribution in [3.8, 4) is 5.75 Å². The number of amides is 1. The van der Waals surface area contributed by atoms with E-state index in [0.717, 1.165) is 12.1 Å². The average molecular weight is 310 g/mol. The number of carbonyl (C=O) groups excluding carboxylic acids is 1. The van der Waals surface area contributed by atoms with E-state index in [9.17, 15) is 9.59 Å². The quantitative estimate of drug-likeness (QED) is 0.813. The fourth-order valence-corrected chi connectivity index (χ4v) is 3.70. The number of benzene rings is 1. The van der Waals surface area contributed by atoms with Gasteiger partial charge in [0, 0.05) is 37.3 Å². The van der Waals surface area contributed by atoms with Gasteiger partial charge in [-0.25, -0.2) is 4.79 Å². The van der Waals surface area contributed by atoms with E-state index in [1.165, 1.54) is 0 Å². The number of ether oxygens (including phenoxy) is 1. The fourth-order valence-electron chi connectivity index (χ4n) is 3.70. The first-order chi connectivity index (χ1) is 11.2. The molecule has 1 fully saturated rings. The third-order valence-electron chi connectivity index (χ3n) is 4.69. The second-order valence-corrected chi connectivity index (χ2v) is 6.28. The molecule has 1 amide bonds. The zero-order valence-corrected chi connectivity index (χ0v) is 12.7. The van der Waals surface area contributed by atoms with Crippen LogP contribution in [0.15, 0.2) is 53.3 Å². The van der Waals surface area contributed by atoms with Crippen molar-refractivity contribution in [2.45, 2.75) is 18.9 Å². The number of para-hydroxylation sites is 1. The number of pyridine rings is 1. The summed E-state index contributed by atoms with van der Waals surface area (Å²) in [4.78, 5) is 26.2. The molecule has 0 N–H and O–H groups in total. The van der Waals surface area contributed by atoms with Gasteiger partial charge in [-0.1, -0.05) is 24.3 Å². The molecule has 0 aliphatic carbocycles. The number of nitrogens with zero attached hydrogens (tertiary/aromatic N) is 2. The van der Waals surface area contributed by atoms with Gasteiger partial charge < -0.3 is 14.2 Å². The molecule has 4 rings (SSSR count). The zero-order chi connectivity index (χ0) is 15.8. The Morgan fingerprint density at radius 3 is 2.65 bits per heavy atom. The van der Waals surface area contributed by atoms with Gasteiger partial charge in [-0.05, 0) is 30.5 Å². The van der Waals surface area contributed by atoms with Crippen molar-refractivity contribution in [1.82, 2.24) is 9.47 Å². The molecule has 3 heterocycles. The predicted octanol–water partition coefficient (Wildman–Crippen LogP) is 2.47. The van der Waals surface area contributed by atoms with Gasteiger partial charge in [0.25, 0.3) is 5.56 Å². The molecule has 2 atom stereocenters. The third-order valence-corrected chi connectivity index (χ3v) is 4.69. The molecule has 2 aromatic rings. The maximum Gasteiger partial charge on any atom is 0.415 e. The van der Waals surface area contributed by atoms with E-state index in [0.29, 0.717) is 31.3 Å². The van der Waals surface area contributed by atoms with E-state index in [1.54, 1.807) is 29.2 Å². The molecule has 1 saturated heterocycles. The van der Waals surface area contributed by atoms with E-state index in [2.05, 4.69) is 0 Å². The third kappa shape index (κ3) is 2.63. The lowest BCUT2D eigenvalue weighted by Crippen LogP contribution is -2.49. The minimum atomic E-state index is -0.308. The highest BCUT2D eigenvalue weighted by atomic mass is 16.6.